The zero-order chi connectivity index (χ0) is 22.1. The van der Waals surface area contributed by atoms with Crippen molar-refractivity contribution in [2.45, 2.75) is 26.2 Å². The van der Waals surface area contributed by atoms with Gasteiger partial charge in [0.15, 0.2) is 17.1 Å². The highest BCUT2D eigenvalue weighted by Crippen LogP contribution is 2.26. The maximum absolute atomic E-state index is 13.0. The Morgan fingerprint density at radius 1 is 1.28 bits per heavy atom. The summed E-state index contributed by atoms with van der Waals surface area (Å²) >= 11 is 0. The topological polar surface area (TPSA) is 114 Å². The lowest BCUT2D eigenvalue weighted by Gasteiger charge is -2.17. The smallest absolute Gasteiger partial charge is 0.271 e. The van der Waals surface area contributed by atoms with Crippen LogP contribution in [0.3, 0.4) is 0 Å². The summed E-state index contributed by atoms with van der Waals surface area (Å²) in [5.41, 5.74) is 7.42. The molecule has 3 aromatic rings. The SMILES string of the molecule is Cc1nc2c(C(N)=O)ncn2c(O)c1CCN1CCC(CC(=O)c2ccc(F)cc2)C1.Cl. The Hall–Kier alpha value is -3.04. The van der Waals surface area contributed by atoms with Gasteiger partial charge < -0.3 is 15.7 Å². The Balaban J connectivity index is 0.00000289. The van der Waals surface area contributed by atoms with Gasteiger partial charge in [0.2, 0.25) is 5.88 Å². The number of aromatic nitrogens is 3. The van der Waals surface area contributed by atoms with Crippen LogP contribution in [0.1, 0.15) is 44.9 Å². The molecule has 0 spiro atoms. The Labute approximate surface area is 190 Å². The van der Waals surface area contributed by atoms with E-state index in [1.165, 1.54) is 35.0 Å². The molecule has 32 heavy (non-hydrogen) atoms. The summed E-state index contributed by atoms with van der Waals surface area (Å²) in [6.45, 7) is 4.15. The molecule has 0 saturated carbocycles. The lowest BCUT2D eigenvalue weighted by atomic mass is 9.97. The van der Waals surface area contributed by atoms with Gasteiger partial charge in [-0.2, -0.15) is 0 Å². The van der Waals surface area contributed by atoms with Gasteiger partial charge in [-0.05, 0) is 56.5 Å². The van der Waals surface area contributed by atoms with Gasteiger partial charge in [-0.1, -0.05) is 0 Å². The van der Waals surface area contributed by atoms with Gasteiger partial charge in [-0.15, -0.1) is 12.4 Å². The van der Waals surface area contributed by atoms with Gasteiger partial charge in [0, 0.05) is 36.3 Å². The number of carbonyl (C=O) groups excluding carboxylic acids is 2. The minimum Gasteiger partial charge on any atom is -0.494 e. The van der Waals surface area contributed by atoms with Gasteiger partial charge >= 0.3 is 0 Å². The second-order valence-electron chi connectivity index (χ2n) is 7.99. The largest absolute Gasteiger partial charge is 0.494 e. The average molecular weight is 462 g/mol. The highest BCUT2D eigenvalue weighted by molar-refractivity contribution is 5.97. The summed E-state index contributed by atoms with van der Waals surface area (Å²) in [6.07, 6.45) is 3.26. The number of carbonyl (C=O) groups is 2. The molecule has 10 heteroatoms. The molecule has 0 aliphatic carbocycles. The van der Waals surface area contributed by atoms with Crippen molar-refractivity contribution in [3.05, 3.63) is 58.9 Å². The number of Topliss-reactive ketones (excluding diaryl/α,β-unsaturated/α-hetero) is 1. The number of amides is 1. The first-order chi connectivity index (χ1) is 14.8. The van der Waals surface area contributed by atoms with Crippen LogP contribution in [0, 0.1) is 18.7 Å². The third-order valence-corrected chi connectivity index (χ3v) is 5.87. The number of rotatable bonds is 7. The van der Waals surface area contributed by atoms with Crippen molar-refractivity contribution >= 4 is 29.7 Å². The first-order valence-electron chi connectivity index (χ1n) is 10.2. The fourth-order valence-corrected chi connectivity index (χ4v) is 4.17. The lowest BCUT2D eigenvalue weighted by molar-refractivity contribution is 0.0960. The van der Waals surface area contributed by atoms with Crippen molar-refractivity contribution in [1.82, 2.24) is 19.3 Å². The number of halogens is 2. The van der Waals surface area contributed by atoms with Crippen LogP contribution in [0.15, 0.2) is 30.6 Å². The molecule has 2 aromatic heterocycles. The molecule has 8 nitrogen and oxygen atoms in total. The van der Waals surface area contributed by atoms with E-state index in [0.717, 1.165) is 19.5 Å². The molecular weight excluding hydrogens is 437 g/mol. The van der Waals surface area contributed by atoms with Crippen LogP contribution in [0.2, 0.25) is 0 Å². The van der Waals surface area contributed by atoms with Crippen molar-refractivity contribution in [2.75, 3.05) is 19.6 Å². The standard InChI is InChI=1S/C22H24FN5O3.ClH/c1-13-17(22(31)28-12-25-19(20(24)30)21(28)26-13)7-9-27-8-6-14(11-27)10-18(29)15-2-4-16(23)5-3-15;/h2-5,12,14,31H,6-11H2,1H3,(H2,24,30);1H. The van der Waals surface area contributed by atoms with Crippen LogP contribution >= 0.6 is 12.4 Å². The summed E-state index contributed by atoms with van der Waals surface area (Å²) in [4.78, 5) is 34.5. The molecular formula is C22H25ClFN5O3. The van der Waals surface area contributed by atoms with E-state index in [2.05, 4.69) is 14.9 Å². The molecule has 4 rings (SSSR count). The minimum atomic E-state index is -0.695. The highest BCUT2D eigenvalue weighted by atomic mass is 35.5. The monoisotopic (exact) mass is 461 g/mol. The third-order valence-electron chi connectivity index (χ3n) is 5.87. The number of fused-ring (bicyclic) bond motifs is 1. The van der Waals surface area contributed by atoms with Gasteiger partial charge in [-0.3, -0.25) is 14.0 Å². The van der Waals surface area contributed by atoms with Crippen molar-refractivity contribution in [3.63, 3.8) is 0 Å². The fourth-order valence-electron chi connectivity index (χ4n) is 4.17. The molecule has 1 aliphatic heterocycles. The van der Waals surface area contributed by atoms with E-state index in [0.29, 0.717) is 36.2 Å². The second-order valence-corrected chi connectivity index (χ2v) is 7.99. The number of likely N-dealkylation sites (tertiary alicyclic amines) is 1. The predicted molar refractivity (Wildman–Crippen MR) is 119 cm³/mol. The number of benzene rings is 1. The third kappa shape index (κ3) is 4.73. The van der Waals surface area contributed by atoms with Gasteiger partial charge in [-0.25, -0.2) is 14.4 Å². The first-order valence-corrected chi connectivity index (χ1v) is 10.2. The van der Waals surface area contributed by atoms with Crippen molar-refractivity contribution < 1.29 is 19.1 Å². The Kier molecular flexibility index (Phi) is 7.10. The van der Waals surface area contributed by atoms with Crippen molar-refractivity contribution in [2.24, 2.45) is 11.7 Å². The molecule has 1 aliphatic rings. The molecule has 1 unspecified atom stereocenters. The molecule has 1 saturated heterocycles. The molecule has 0 bridgehead atoms. The lowest BCUT2D eigenvalue weighted by Crippen LogP contribution is -2.24. The summed E-state index contributed by atoms with van der Waals surface area (Å²) < 4.78 is 14.4. The quantitative estimate of drug-likeness (QED) is 0.523. The Morgan fingerprint density at radius 2 is 2.00 bits per heavy atom. The maximum atomic E-state index is 13.0. The van der Waals surface area contributed by atoms with Crippen LogP contribution in [-0.2, 0) is 6.42 Å². The highest BCUT2D eigenvalue weighted by Gasteiger charge is 2.26. The van der Waals surface area contributed by atoms with Crippen LogP contribution in [-0.4, -0.2) is 55.7 Å². The Bertz CT molecular complexity index is 1150. The number of ketones is 1. The number of primary amides is 1. The van der Waals surface area contributed by atoms with E-state index in [4.69, 9.17) is 5.73 Å². The fraction of sp³-hybridized carbons (Fsp3) is 0.364. The number of hydrogen-bond donors (Lipinski definition) is 2. The zero-order valence-electron chi connectivity index (χ0n) is 17.6. The zero-order valence-corrected chi connectivity index (χ0v) is 18.4. The van der Waals surface area contributed by atoms with E-state index >= 15 is 0 Å². The van der Waals surface area contributed by atoms with Gasteiger partial charge in [0.05, 0.1) is 0 Å². The second kappa shape index (κ2) is 9.62. The van der Waals surface area contributed by atoms with E-state index < -0.39 is 5.91 Å². The van der Waals surface area contributed by atoms with E-state index in [1.54, 1.807) is 6.92 Å². The number of aryl methyl sites for hydroxylation is 1. The van der Waals surface area contributed by atoms with Crippen molar-refractivity contribution in [1.29, 1.82) is 0 Å². The van der Waals surface area contributed by atoms with E-state index in [1.807, 2.05) is 0 Å². The molecule has 1 atom stereocenters. The molecule has 3 heterocycles. The molecule has 170 valence electrons. The predicted octanol–water partition coefficient (Wildman–Crippen LogP) is 2.54. The summed E-state index contributed by atoms with van der Waals surface area (Å²) in [7, 11) is 0. The molecule has 3 N–H and O–H groups in total. The summed E-state index contributed by atoms with van der Waals surface area (Å²) in [5, 5.41) is 10.7. The van der Waals surface area contributed by atoms with Crippen LogP contribution < -0.4 is 5.73 Å². The summed E-state index contributed by atoms with van der Waals surface area (Å²) in [5.74, 6) is -0.763. The van der Waals surface area contributed by atoms with E-state index in [-0.39, 0.29) is 47.1 Å². The number of nitrogens with two attached hydrogens (primary N) is 1. The summed E-state index contributed by atoms with van der Waals surface area (Å²) in [6, 6.07) is 5.67. The Morgan fingerprint density at radius 3 is 2.69 bits per heavy atom. The first kappa shape index (κ1) is 23.6. The number of nitrogens with zero attached hydrogens (tertiary/aromatic N) is 4. The maximum Gasteiger partial charge on any atom is 0.271 e. The van der Waals surface area contributed by atoms with E-state index in [9.17, 15) is 19.1 Å². The number of imidazole rings is 1. The van der Waals surface area contributed by atoms with Crippen molar-refractivity contribution in [3.8, 4) is 5.88 Å². The van der Waals surface area contributed by atoms with Crippen LogP contribution in [0.5, 0.6) is 5.88 Å². The van der Waals surface area contributed by atoms with Gasteiger partial charge in [0.25, 0.3) is 5.91 Å². The normalized spacial score (nSPS) is 16.2. The van der Waals surface area contributed by atoms with Crippen LogP contribution in [0.25, 0.3) is 5.65 Å². The van der Waals surface area contributed by atoms with Crippen LogP contribution in [0.4, 0.5) is 4.39 Å². The number of hydrogen-bond acceptors (Lipinski definition) is 6. The van der Waals surface area contributed by atoms with Gasteiger partial charge in [0.1, 0.15) is 12.1 Å². The minimum absolute atomic E-state index is 0. The molecule has 1 fully saturated rings. The number of aromatic hydroxyl groups is 1. The molecule has 0 radical (unpaired) electrons. The molecule has 1 aromatic carbocycles. The molecule has 1 amide bonds. The average Bonchev–Trinajstić information content (AvgIpc) is 3.35.